The lowest BCUT2D eigenvalue weighted by Crippen LogP contribution is -2.10. The minimum atomic E-state index is -0.170. The Morgan fingerprint density at radius 1 is 0.967 bits per heavy atom. The number of rotatable bonds is 5. The van der Waals surface area contributed by atoms with Gasteiger partial charge in [0.25, 0.3) is 5.91 Å². The summed E-state index contributed by atoms with van der Waals surface area (Å²) >= 11 is 2.72. The molecule has 7 nitrogen and oxygen atoms in total. The summed E-state index contributed by atoms with van der Waals surface area (Å²) in [4.78, 5) is 16.7. The fraction of sp³-hybridized carbons (Fsp3) is 0. The van der Waals surface area contributed by atoms with Crippen LogP contribution in [0.4, 0.5) is 5.00 Å². The van der Waals surface area contributed by atoms with E-state index >= 15 is 0 Å². The summed E-state index contributed by atoms with van der Waals surface area (Å²) < 4.78 is 2.44. The van der Waals surface area contributed by atoms with E-state index in [9.17, 15) is 4.79 Å². The number of nitrogens with zero attached hydrogens (tertiary/aromatic N) is 5. The molecule has 0 saturated heterocycles. The van der Waals surface area contributed by atoms with Gasteiger partial charge < -0.3 is 5.32 Å². The van der Waals surface area contributed by atoms with Crippen LogP contribution in [-0.2, 0) is 0 Å². The van der Waals surface area contributed by atoms with E-state index in [2.05, 4.69) is 38.0 Å². The molecule has 30 heavy (non-hydrogen) atoms. The smallest absolute Gasteiger partial charge is 0.256 e. The maximum atomic E-state index is 12.3. The predicted molar refractivity (Wildman–Crippen MR) is 117 cm³/mol. The molecule has 0 saturated carbocycles. The summed E-state index contributed by atoms with van der Waals surface area (Å²) in [5, 5.41) is 18.5. The van der Waals surface area contributed by atoms with Gasteiger partial charge in [-0.25, -0.2) is 4.98 Å². The number of thiazole rings is 1. The van der Waals surface area contributed by atoms with Crippen molar-refractivity contribution in [3.63, 3.8) is 0 Å². The molecule has 0 fully saturated rings. The first-order valence-electron chi connectivity index (χ1n) is 9.04. The van der Waals surface area contributed by atoms with Crippen LogP contribution in [-0.4, -0.2) is 31.1 Å². The molecule has 5 rings (SSSR count). The van der Waals surface area contributed by atoms with Crippen molar-refractivity contribution < 1.29 is 4.79 Å². The lowest BCUT2D eigenvalue weighted by atomic mass is 10.1. The maximum Gasteiger partial charge on any atom is 0.256 e. The van der Waals surface area contributed by atoms with Gasteiger partial charge in [-0.15, -0.1) is 5.10 Å². The van der Waals surface area contributed by atoms with Crippen molar-refractivity contribution in [2.75, 3.05) is 5.32 Å². The zero-order chi connectivity index (χ0) is 20.3. The van der Waals surface area contributed by atoms with Gasteiger partial charge in [0.2, 0.25) is 5.16 Å². The number of hydrogen-bond acceptors (Lipinski definition) is 7. The van der Waals surface area contributed by atoms with Crippen molar-refractivity contribution in [1.82, 2.24) is 25.2 Å². The highest BCUT2D eigenvalue weighted by molar-refractivity contribution is 8.01. The van der Waals surface area contributed by atoms with Crippen molar-refractivity contribution in [3.05, 3.63) is 84.6 Å². The third kappa shape index (κ3) is 3.68. The van der Waals surface area contributed by atoms with Crippen LogP contribution >= 0.6 is 23.1 Å². The zero-order valence-corrected chi connectivity index (χ0v) is 17.1. The fourth-order valence-corrected chi connectivity index (χ4v) is 4.76. The SMILES string of the molecule is O=C(Nc1cnc(Sc2nnnn2-c2cccc3ccccc23)s1)c1ccccc1. The van der Waals surface area contributed by atoms with E-state index in [1.54, 1.807) is 23.0 Å². The first-order valence-corrected chi connectivity index (χ1v) is 10.7. The highest BCUT2D eigenvalue weighted by Crippen LogP contribution is 2.34. The number of hydrogen-bond donors (Lipinski definition) is 1. The average Bonchev–Trinajstić information content (AvgIpc) is 3.43. The molecule has 2 heterocycles. The van der Waals surface area contributed by atoms with Crippen LogP contribution in [0.1, 0.15) is 10.4 Å². The summed E-state index contributed by atoms with van der Waals surface area (Å²) in [5.74, 6) is -0.170. The summed E-state index contributed by atoms with van der Waals surface area (Å²) in [6.45, 7) is 0. The zero-order valence-electron chi connectivity index (χ0n) is 15.5. The van der Waals surface area contributed by atoms with Crippen molar-refractivity contribution in [2.24, 2.45) is 0 Å². The van der Waals surface area contributed by atoms with E-state index < -0.39 is 0 Å². The van der Waals surface area contributed by atoms with Crippen molar-refractivity contribution in [2.45, 2.75) is 9.50 Å². The standard InChI is InChI=1S/C21H14N6OS2/c28-19(15-8-2-1-3-9-15)23-18-13-22-21(29-18)30-20-24-25-26-27(20)17-12-6-10-14-7-4-5-11-16(14)17/h1-13H,(H,23,28). The number of nitrogens with one attached hydrogen (secondary N) is 1. The van der Waals surface area contributed by atoms with Crippen molar-refractivity contribution in [1.29, 1.82) is 0 Å². The Morgan fingerprint density at radius 2 is 1.77 bits per heavy atom. The Hall–Kier alpha value is -3.56. The Morgan fingerprint density at radius 3 is 2.67 bits per heavy atom. The van der Waals surface area contributed by atoms with Gasteiger partial charge in [0.05, 0.1) is 11.9 Å². The molecule has 0 aliphatic carbocycles. The summed E-state index contributed by atoms with van der Waals surface area (Å²) in [7, 11) is 0. The van der Waals surface area contributed by atoms with E-state index in [0.717, 1.165) is 20.8 Å². The Bertz CT molecular complexity index is 1330. The molecule has 3 aromatic carbocycles. The molecule has 0 bridgehead atoms. The topological polar surface area (TPSA) is 85.6 Å². The summed E-state index contributed by atoms with van der Waals surface area (Å²) in [6, 6.07) is 23.2. The van der Waals surface area contributed by atoms with Crippen LogP contribution in [0.3, 0.4) is 0 Å². The second-order valence-electron chi connectivity index (χ2n) is 6.28. The molecule has 0 spiro atoms. The second kappa shape index (κ2) is 8.05. The molecule has 2 aromatic heterocycles. The van der Waals surface area contributed by atoms with Crippen LogP contribution < -0.4 is 5.32 Å². The molecule has 1 amide bonds. The maximum absolute atomic E-state index is 12.3. The third-order valence-corrected chi connectivity index (χ3v) is 6.30. The normalized spacial score (nSPS) is 10.9. The van der Waals surface area contributed by atoms with E-state index in [-0.39, 0.29) is 5.91 Å². The van der Waals surface area contributed by atoms with Gasteiger partial charge in [-0.1, -0.05) is 65.9 Å². The molecule has 0 radical (unpaired) electrons. The second-order valence-corrected chi connectivity index (χ2v) is 8.53. The number of aromatic nitrogens is 5. The third-order valence-electron chi connectivity index (χ3n) is 4.37. The molecule has 0 aliphatic rings. The van der Waals surface area contributed by atoms with E-state index in [1.165, 1.54) is 23.1 Å². The van der Waals surface area contributed by atoms with Gasteiger partial charge in [-0.3, -0.25) is 4.79 Å². The number of tetrazole rings is 1. The lowest BCUT2D eigenvalue weighted by Gasteiger charge is -2.07. The minimum Gasteiger partial charge on any atom is -0.312 e. The monoisotopic (exact) mass is 430 g/mol. The van der Waals surface area contributed by atoms with E-state index in [1.807, 2.05) is 48.5 Å². The van der Waals surface area contributed by atoms with Crippen LogP contribution in [0.25, 0.3) is 16.5 Å². The van der Waals surface area contributed by atoms with Gasteiger partial charge in [0, 0.05) is 10.9 Å². The highest BCUT2D eigenvalue weighted by Gasteiger charge is 2.15. The van der Waals surface area contributed by atoms with E-state index in [0.29, 0.717) is 15.7 Å². The molecular weight excluding hydrogens is 416 g/mol. The number of benzene rings is 3. The van der Waals surface area contributed by atoms with Crippen LogP contribution in [0.15, 0.2) is 88.5 Å². The van der Waals surface area contributed by atoms with Gasteiger partial charge in [-0.05, 0) is 45.8 Å². The molecule has 0 aliphatic heterocycles. The number of amides is 1. The highest BCUT2D eigenvalue weighted by atomic mass is 32.2. The largest absolute Gasteiger partial charge is 0.312 e. The van der Waals surface area contributed by atoms with E-state index in [4.69, 9.17) is 0 Å². The number of carbonyl (C=O) groups is 1. The minimum absolute atomic E-state index is 0.170. The number of anilines is 1. The molecular formula is C21H14N6OS2. The van der Waals surface area contributed by atoms with Gasteiger partial charge in [0.1, 0.15) is 5.00 Å². The molecule has 0 atom stereocenters. The van der Waals surface area contributed by atoms with Gasteiger partial charge in [-0.2, -0.15) is 4.68 Å². The Kier molecular flexibility index (Phi) is 4.96. The molecule has 9 heteroatoms. The molecule has 146 valence electrons. The number of carbonyl (C=O) groups excluding carboxylic acids is 1. The molecule has 0 unspecified atom stereocenters. The summed E-state index contributed by atoms with van der Waals surface area (Å²) in [5.41, 5.74) is 1.50. The van der Waals surface area contributed by atoms with Crippen LogP contribution in [0.5, 0.6) is 0 Å². The lowest BCUT2D eigenvalue weighted by molar-refractivity contribution is 0.102. The summed E-state index contributed by atoms with van der Waals surface area (Å²) in [6.07, 6.45) is 1.64. The fourth-order valence-electron chi connectivity index (χ4n) is 3.00. The van der Waals surface area contributed by atoms with Crippen LogP contribution in [0.2, 0.25) is 0 Å². The number of fused-ring (bicyclic) bond motifs is 1. The van der Waals surface area contributed by atoms with Crippen molar-refractivity contribution in [3.8, 4) is 5.69 Å². The van der Waals surface area contributed by atoms with Crippen LogP contribution in [0, 0.1) is 0 Å². The Balaban J connectivity index is 1.38. The van der Waals surface area contributed by atoms with Gasteiger partial charge in [0.15, 0.2) is 4.34 Å². The predicted octanol–water partition coefficient (Wildman–Crippen LogP) is 4.68. The first-order chi connectivity index (χ1) is 14.8. The molecule has 1 N–H and O–H groups in total. The molecule has 5 aromatic rings. The Labute approximate surface area is 179 Å². The van der Waals surface area contributed by atoms with Gasteiger partial charge >= 0.3 is 0 Å². The quantitative estimate of drug-likeness (QED) is 0.436. The first kappa shape index (κ1) is 18.5. The average molecular weight is 431 g/mol. The van der Waals surface area contributed by atoms with Crippen molar-refractivity contribution >= 4 is 44.8 Å².